The topological polar surface area (TPSA) is 116 Å². The lowest BCUT2D eigenvalue weighted by Gasteiger charge is -2.29. The average molecular weight is 550 g/mol. The minimum Gasteiger partial charge on any atom is -0.494 e. The van der Waals surface area contributed by atoms with Gasteiger partial charge in [-0.15, -0.1) is 0 Å². The predicted molar refractivity (Wildman–Crippen MR) is 146 cm³/mol. The molecule has 9 nitrogen and oxygen atoms in total. The minimum absolute atomic E-state index is 0.00386. The standard InChI is InChI=1S/C30H32FN3O6/c1-20-16-22(4-6-23(20)31)29-26(38-2)8-9-28(33-29)30(37,18-34-13-12-32-19-34)11-10-24(36)21-5-7-25(40-15-14-35)27(17-21)39-3/h4-9,12-13,16-17,19,35,37H,10-11,14-15,18H2,1-3H3. The van der Waals surface area contributed by atoms with E-state index in [4.69, 9.17) is 24.3 Å². The van der Waals surface area contributed by atoms with Gasteiger partial charge in [-0.05, 0) is 67.4 Å². The first-order chi connectivity index (χ1) is 19.3. The third-order valence-corrected chi connectivity index (χ3v) is 6.59. The van der Waals surface area contributed by atoms with E-state index >= 15 is 0 Å². The second kappa shape index (κ2) is 12.7. The Hall–Kier alpha value is -4.28. The molecule has 1 atom stereocenters. The molecule has 2 aromatic heterocycles. The summed E-state index contributed by atoms with van der Waals surface area (Å²) in [7, 11) is 2.98. The minimum atomic E-state index is -1.55. The first-order valence-electron chi connectivity index (χ1n) is 12.7. The number of halogens is 1. The second-order valence-electron chi connectivity index (χ2n) is 9.34. The van der Waals surface area contributed by atoms with Crippen LogP contribution >= 0.6 is 0 Å². The van der Waals surface area contributed by atoms with Crippen molar-refractivity contribution < 1.29 is 33.6 Å². The van der Waals surface area contributed by atoms with E-state index in [1.165, 1.54) is 20.3 Å². The van der Waals surface area contributed by atoms with Crippen LogP contribution in [0.15, 0.2) is 67.3 Å². The number of ketones is 1. The van der Waals surface area contributed by atoms with Crippen LogP contribution in [0.3, 0.4) is 0 Å². The molecule has 0 amide bonds. The van der Waals surface area contributed by atoms with E-state index in [1.54, 1.807) is 72.7 Å². The van der Waals surface area contributed by atoms with Crippen molar-refractivity contribution in [3.05, 3.63) is 89.9 Å². The van der Waals surface area contributed by atoms with Crippen LogP contribution in [0.5, 0.6) is 17.2 Å². The van der Waals surface area contributed by atoms with E-state index < -0.39 is 5.60 Å². The third kappa shape index (κ3) is 6.47. The molecule has 0 spiro atoms. The van der Waals surface area contributed by atoms with Crippen LogP contribution in [0.2, 0.25) is 0 Å². The van der Waals surface area contributed by atoms with Gasteiger partial charge in [-0.25, -0.2) is 14.4 Å². The summed E-state index contributed by atoms with van der Waals surface area (Å²) in [6.07, 6.45) is 4.96. The number of rotatable bonds is 13. The lowest BCUT2D eigenvalue weighted by Crippen LogP contribution is -2.33. The molecule has 0 bridgehead atoms. The Morgan fingerprint density at radius 3 is 2.50 bits per heavy atom. The molecule has 0 aliphatic heterocycles. The molecular weight excluding hydrogens is 517 g/mol. The summed E-state index contributed by atoms with van der Waals surface area (Å²) in [5.41, 5.74) is 0.700. The van der Waals surface area contributed by atoms with Crippen molar-refractivity contribution >= 4 is 5.78 Å². The average Bonchev–Trinajstić information content (AvgIpc) is 3.48. The quantitative estimate of drug-likeness (QED) is 0.237. The maximum absolute atomic E-state index is 14.0. The molecule has 1 unspecified atom stereocenters. The second-order valence-corrected chi connectivity index (χ2v) is 9.34. The van der Waals surface area contributed by atoms with Gasteiger partial charge in [0, 0.05) is 29.9 Å². The van der Waals surface area contributed by atoms with Gasteiger partial charge < -0.3 is 29.0 Å². The highest BCUT2D eigenvalue weighted by Gasteiger charge is 2.33. The molecule has 0 saturated carbocycles. The number of nitrogens with zero attached hydrogens (tertiary/aromatic N) is 3. The largest absolute Gasteiger partial charge is 0.494 e. The van der Waals surface area contributed by atoms with E-state index in [-0.39, 0.29) is 44.2 Å². The van der Waals surface area contributed by atoms with Crippen molar-refractivity contribution in [1.82, 2.24) is 14.5 Å². The number of carbonyl (C=O) groups excluding carboxylic acids is 1. The molecule has 2 N–H and O–H groups in total. The third-order valence-electron chi connectivity index (χ3n) is 6.59. The van der Waals surface area contributed by atoms with Gasteiger partial charge in [0.25, 0.3) is 0 Å². The smallest absolute Gasteiger partial charge is 0.163 e. The van der Waals surface area contributed by atoms with E-state index in [0.717, 1.165) is 0 Å². The van der Waals surface area contributed by atoms with E-state index in [9.17, 15) is 14.3 Å². The van der Waals surface area contributed by atoms with Crippen molar-refractivity contribution in [3.8, 4) is 28.5 Å². The van der Waals surface area contributed by atoms with Gasteiger partial charge in [0.15, 0.2) is 17.3 Å². The fraction of sp³-hybridized carbons (Fsp3) is 0.300. The summed E-state index contributed by atoms with van der Waals surface area (Å²) in [6.45, 7) is 1.70. The van der Waals surface area contributed by atoms with Crippen molar-refractivity contribution in [3.63, 3.8) is 0 Å². The zero-order chi connectivity index (χ0) is 28.7. The van der Waals surface area contributed by atoms with Crippen molar-refractivity contribution in [2.45, 2.75) is 31.9 Å². The zero-order valence-corrected chi connectivity index (χ0v) is 22.6. The fourth-order valence-electron chi connectivity index (χ4n) is 4.42. The molecule has 0 fully saturated rings. The van der Waals surface area contributed by atoms with E-state index in [1.807, 2.05) is 0 Å². The van der Waals surface area contributed by atoms with Crippen LogP contribution in [0, 0.1) is 12.7 Å². The highest BCUT2D eigenvalue weighted by Crippen LogP contribution is 2.35. The van der Waals surface area contributed by atoms with E-state index in [0.29, 0.717) is 45.3 Å². The van der Waals surface area contributed by atoms with Gasteiger partial charge in [0.05, 0.1) is 39.4 Å². The molecule has 4 rings (SSSR count). The number of hydrogen-bond acceptors (Lipinski definition) is 8. The number of aromatic nitrogens is 3. The number of methoxy groups -OCH3 is 2. The molecule has 2 heterocycles. The van der Waals surface area contributed by atoms with Gasteiger partial charge in [0.2, 0.25) is 0 Å². The number of imidazole rings is 1. The molecule has 10 heteroatoms. The highest BCUT2D eigenvalue weighted by atomic mass is 19.1. The van der Waals surface area contributed by atoms with Crippen LogP contribution in [-0.4, -0.2) is 58.0 Å². The predicted octanol–water partition coefficient (Wildman–Crippen LogP) is 4.33. The summed E-state index contributed by atoms with van der Waals surface area (Å²) in [6, 6.07) is 12.8. The van der Waals surface area contributed by atoms with Gasteiger partial charge in [-0.1, -0.05) is 0 Å². The monoisotopic (exact) mass is 549 g/mol. The Balaban J connectivity index is 1.65. The van der Waals surface area contributed by atoms with Crippen molar-refractivity contribution in [1.29, 1.82) is 0 Å². The lowest BCUT2D eigenvalue weighted by molar-refractivity contribution is 0.00420. The molecule has 210 valence electrons. The first-order valence-corrected chi connectivity index (χ1v) is 12.7. The number of hydrogen-bond donors (Lipinski definition) is 2. The molecule has 4 aromatic rings. The fourth-order valence-corrected chi connectivity index (χ4v) is 4.42. The van der Waals surface area contributed by atoms with Crippen molar-refractivity contribution in [2.24, 2.45) is 0 Å². The maximum atomic E-state index is 14.0. The number of carbonyl (C=O) groups is 1. The molecular formula is C30H32FN3O6. The Bertz CT molecular complexity index is 1460. The van der Waals surface area contributed by atoms with Crippen LogP contribution < -0.4 is 14.2 Å². The van der Waals surface area contributed by atoms with E-state index in [2.05, 4.69) is 4.98 Å². The van der Waals surface area contributed by atoms with Crippen LogP contribution in [0.1, 0.15) is 34.5 Å². The number of ether oxygens (including phenoxy) is 3. The maximum Gasteiger partial charge on any atom is 0.163 e. The summed E-state index contributed by atoms with van der Waals surface area (Å²) < 4.78 is 32.0. The van der Waals surface area contributed by atoms with Gasteiger partial charge >= 0.3 is 0 Å². The summed E-state index contributed by atoms with van der Waals surface area (Å²) in [5.74, 6) is 0.698. The van der Waals surface area contributed by atoms with Crippen LogP contribution in [0.25, 0.3) is 11.3 Å². The first kappa shape index (κ1) is 28.7. The number of aryl methyl sites for hydroxylation is 1. The highest BCUT2D eigenvalue weighted by molar-refractivity contribution is 5.96. The number of pyridine rings is 1. The van der Waals surface area contributed by atoms with Crippen LogP contribution in [0.4, 0.5) is 4.39 Å². The number of Topliss-reactive ketones (excluding diaryl/α,β-unsaturated/α-hetero) is 1. The summed E-state index contributed by atoms with van der Waals surface area (Å²) >= 11 is 0. The molecule has 0 saturated heterocycles. The Labute approximate surface area is 231 Å². The lowest BCUT2D eigenvalue weighted by atomic mass is 9.90. The molecule has 40 heavy (non-hydrogen) atoms. The number of aliphatic hydroxyl groups is 2. The van der Waals surface area contributed by atoms with Crippen molar-refractivity contribution in [2.75, 3.05) is 27.4 Å². The Morgan fingerprint density at radius 1 is 1.05 bits per heavy atom. The molecule has 2 aromatic carbocycles. The SMILES string of the molecule is COc1cc(C(=O)CCC(O)(Cn2ccnc2)c2ccc(OC)c(-c3ccc(F)c(C)c3)n2)ccc1OCCO. The molecule has 0 radical (unpaired) electrons. The summed E-state index contributed by atoms with van der Waals surface area (Å²) in [4.78, 5) is 22.1. The normalized spacial score (nSPS) is 12.6. The Morgan fingerprint density at radius 2 is 1.82 bits per heavy atom. The number of benzene rings is 2. The zero-order valence-electron chi connectivity index (χ0n) is 22.6. The van der Waals surface area contributed by atoms with Gasteiger partial charge in [-0.3, -0.25) is 4.79 Å². The number of aliphatic hydroxyl groups excluding tert-OH is 1. The molecule has 0 aliphatic carbocycles. The van der Waals surface area contributed by atoms with Gasteiger partial charge in [-0.2, -0.15) is 0 Å². The molecule has 0 aliphatic rings. The van der Waals surface area contributed by atoms with Gasteiger partial charge in [0.1, 0.15) is 29.5 Å². The van der Waals surface area contributed by atoms with Crippen LogP contribution in [-0.2, 0) is 12.1 Å². The Kier molecular flexibility index (Phi) is 9.13. The summed E-state index contributed by atoms with van der Waals surface area (Å²) in [5, 5.41) is 21.0.